The van der Waals surface area contributed by atoms with Gasteiger partial charge in [0, 0.05) is 0 Å². The fourth-order valence-electron chi connectivity index (χ4n) is 0.367. The van der Waals surface area contributed by atoms with E-state index < -0.39 is 0 Å². The molecule has 1 amide bonds. The average Bonchev–Trinajstić information content (AvgIpc) is 1.84. The van der Waals surface area contributed by atoms with Gasteiger partial charge in [0.25, 0.3) is 0 Å². The van der Waals surface area contributed by atoms with E-state index in [2.05, 4.69) is 0 Å². The van der Waals surface area contributed by atoms with Crippen LogP contribution in [0.25, 0.3) is 0 Å². The predicted octanol–water partition coefficient (Wildman–Crippen LogP) is -5.29. The van der Waals surface area contributed by atoms with E-state index in [4.69, 9.17) is 0 Å². The number of amides is 1. The van der Waals surface area contributed by atoms with Crippen molar-refractivity contribution in [3.8, 4) is 0 Å². The molecule has 0 bridgehead atoms. The smallest absolute Gasteiger partial charge is 1.00 e. The maximum atomic E-state index is 10.7. The van der Waals surface area contributed by atoms with E-state index in [0.717, 1.165) is 6.54 Å². The Hall–Kier alpha value is 0.0443. The van der Waals surface area contributed by atoms with Crippen molar-refractivity contribution in [1.82, 2.24) is 3.38 Å². The summed E-state index contributed by atoms with van der Waals surface area (Å²) in [6, 6.07) is 0. The molecular weight excluding hydrogens is 176 g/mol. The van der Waals surface area contributed by atoms with Crippen LogP contribution in [-0.2, 0) is 25.5 Å². The number of hydrogen-bond donors (Lipinski definition) is 0. The van der Waals surface area contributed by atoms with E-state index in [1.165, 1.54) is 0 Å². The van der Waals surface area contributed by atoms with E-state index >= 15 is 0 Å². The van der Waals surface area contributed by atoms with Gasteiger partial charge < -0.3 is 9.41 Å². The molecule has 0 aliphatic rings. The summed E-state index contributed by atoms with van der Waals surface area (Å²) in [7, 11) is 0. The molecule has 0 radical (unpaired) electrons. The molecule has 10 heavy (non-hydrogen) atoms. The molecule has 5 heteroatoms. The summed E-state index contributed by atoms with van der Waals surface area (Å²) in [6.45, 7) is 4.65. The molecule has 0 atom stereocenters. The summed E-state index contributed by atoms with van der Waals surface area (Å²) in [5.41, 5.74) is 0. The first-order chi connectivity index (χ1) is 3.72. The third-order valence-electron chi connectivity index (χ3n) is 0.920. The maximum Gasteiger partial charge on any atom is -1.00 e. The van der Waals surface area contributed by atoms with Crippen molar-refractivity contribution >= 4 is 5.91 Å². The molecule has 0 heterocycles. The Morgan fingerprint density at radius 3 is 1.90 bits per heavy atom. The van der Waals surface area contributed by atoms with E-state index in [1.54, 1.807) is 3.38 Å². The van der Waals surface area contributed by atoms with Crippen LogP contribution in [0.4, 0.5) is 0 Å². The SMILES string of the molecule is CCC(=O)[N]([Ti+2])CC.[F-].[F-]. The van der Waals surface area contributed by atoms with Crippen LogP contribution in [0, 0.1) is 0 Å². The van der Waals surface area contributed by atoms with E-state index in [0.29, 0.717) is 6.42 Å². The summed E-state index contributed by atoms with van der Waals surface area (Å²) < 4.78 is 1.71. The summed E-state index contributed by atoms with van der Waals surface area (Å²) in [4.78, 5) is 10.7. The molecule has 0 aromatic rings. The summed E-state index contributed by atoms with van der Waals surface area (Å²) in [5.74, 6) is 0.215. The van der Waals surface area contributed by atoms with Crippen LogP contribution in [0.2, 0.25) is 0 Å². The fraction of sp³-hybridized carbons (Fsp3) is 0.800. The first-order valence-corrected chi connectivity index (χ1v) is 3.43. The monoisotopic (exact) mass is 186 g/mol. The Morgan fingerprint density at radius 1 is 1.40 bits per heavy atom. The minimum absolute atomic E-state index is 0. The molecule has 0 rings (SSSR count). The van der Waals surface area contributed by atoms with Gasteiger partial charge in [0.2, 0.25) is 0 Å². The zero-order valence-corrected chi connectivity index (χ0v) is 7.59. The van der Waals surface area contributed by atoms with E-state index in [-0.39, 0.29) is 15.3 Å². The molecule has 0 spiro atoms. The molecule has 59 valence electrons. The number of halogens is 2. The first-order valence-electron chi connectivity index (χ1n) is 2.74. The second kappa shape index (κ2) is 9.04. The fourth-order valence-corrected chi connectivity index (χ4v) is 0.614. The van der Waals surface area contributed by atoms with Crippen molar-refractivity contribution in [1.29, 1.82) is 0 Å². The van der Waals surface area contributed by atoms with Crippen LogP contribution >= 0.6 is 0 Å². The van der Waals surface area contributed by atoms with Gasteiger partial charge in [-0.25, -0.2) is 0 Å². The van der Waals surface area contributed by atoms with Crippen molar-refractivity contribution < 1.29 is 34.9 Å². The van der Waals surface area contributed by atoms with Crippen LogP contribution < -0.4 is 9.41 Å². The summed E-state index contributed by atoms with van der Waals surface area (Å²) >= 11 is 1.81. The van der Waals surface area contributed by atoms with Crippen molar-refractivity contribution in [2.24, 2.45) is 0 Å². The van der Waals surface area contributed by atoms with Crippen LogP contribution in [0.1, 0.15) is 20.3 Å². The second-order valence-corrected chi connectivity index (χ2v) is 2.33. The molecule has 0 aliphatic heterocycles. The molecular formula is C5H10F2NOTi. The Balaban J connectivity index is -0.000000245. The van der Waals surface area contributed by atoms with E-state index in [9.17, 15) is 4.79 Å². The van der Waals surface area contributed by atoms with Crippen molar-refractivity contribution in [2.75, 3.05) is 6.54 Å². The molecule has 0 unspecified atom stereocenters. The number of rotatable bonds is 2. The maximum absolute atomic E-state index is 10.7. The van der Waals surface area contributed by atoms with Gasteiger partial charge in [-0.3, -0.25) is 0 Å². The number of carbonyl (C=O) groups is 1. The Kier molecular flexibility index (Phi) is 15.0. The standard InChI is InChI=1S/C5H11NO.2FH.Ti/c1-3-5(7)6-4-2;;;/h3-4H2,1-2H3,(H,6,7);2*1H;/q;;;+3/p-3. The molecule has 0 saturated heterocycles. The zero-order valence-electron chi connectivity index (χ0n) is 6.03. The minimum atomic E-state index is 0. The van der Waals surface area contributed by atoms with Crippen LogP contribution in [0.15, 0.2) is 0 Å². The number of carbonyl (C=O) groups excluding carboxylic acids is 1. The van der Waals surface area contributed by atoms with Gasteiger partial charge >= 0.3 is 61.6 Å². The van der Waals surface area contributed by atoms with Gasteiger partial charge in [-0.1, -0.05) is 0 Å². The van der Waals surface area contributed by atoms with Crippen molar-refractivity contribution in [3.05, 3.63) is 0 Å². The Morgan fingerprint density at radius 2 is 1.80 bits per heavy atom. The molecule has 0 saturated carbocycles. The molecule has 0 aliphatic carbocycles. The number of hydrogen-bond acceptors (Lipinski definition) is 1. The van der Waals surface area contributed by atoms with Crippen molar-refractivity contribution in [2.45, 2.75) is 20.3 Å². The normalized spacial score (nSPS) is 7.20. The van der Waals surface area contributed by atoms with Gasteiger partial charge in [0.15, 0.2) is 0 Å². The summed E-state index contributed by atoms with van der Waals surface area (Å²) in [5, 5.41) is 0. The minimum Gasteiger partial charge on any atom is -1.00 e. The Bertz CT molecular complexity index is 91.7. The quantitative estimate of drug-likeness (QED) is 0.394. The van der Waals surface area contributed by atoms with Crippen LogP contribution in [-0.4, -0.2) is 15.8 Å². The molecule has 2 nitrogen and oxygen atoms in total. The first kappa shape index (κ1) is 16.6. The van der Waals surface area contributed by atoms with Gasteiger partial charge in [-0.05, 0) is 0 Å². The zero-order chi connectivity index (χ0) is 6.57. The van der Waals surface area contributed by atoms with Crippen LogP contribution in [0.5, 0.6) is 0 Å². The van der Waals surface area contributed by atoms with Gasteiger partial charge in [-0.15, -0.1) is 0 Å². The number of nitrogens with zero attached hydrogens (tertiary/aromatic N) is 1. The topological polar surface area (TPSA) is 20.3 Å². The predicted molar refractivity (Wildman–Crippen MR) is 27.7 cm³/mol. The summed E-state index contributed by atoms with van der Waals surface area (Å²) in [6.07, 6.45) is 0.615. The largest absolute Gasteiger partial charge is 1.00 e. The molecule has 0 fully saturated rings. The third kappa shape index (κ3) is 6.17. The van der Waals surface area contributed by atoms with Gasteiger partial charge in [0.1, 0.15) is 0 Å². The average molecular weight is 186 g/mol. The molecule has 0 aromatic heterocycles. The molecule has 0 N–H and O–H groups in total. The third-order valence-corrected chi connectivity index (χ3v) is 1.80. The molecule has 0 aromatic carbocycles. The van der Waals surface area contributed by atoms with Gasteiger partial charge in [-0.2, -0.15) is 0 Å². The van der Waals surface area contributed by atoms with E-state index in [1.807, 2.05) is 34.5 Å². The van der Waals surface area contributed by atoms with Gasteiger partial charge in [0.05, 0.1) is 0 Å². The van der Waals surface area contributed by atoms with Crippen molar-refractivity contribution in [3.63, 3.8) is 0 Å². The second-order valence-electron chi connectivity index (χ2n) is 1.49. The Labute approximate surface area is 71.4 Å². The van der Waals surface area contributed by atoms with Crippen LogP contribution in [0.3, 0.4) is 0 Å².